The fourth-order valence-electron chi connectivity index (χ4n) is 1.88. The highest BCUT2D eigenvalue weighted by Gasteiger charge is 2.12. The lowest BCUT2D eigenvalue weighted by molar-refractivity contribution is 0.102. The lowest BCUT2D eigenvalue weighted by atomic mass is 10.1. The van der Waals surface area contributed by atoms with Crippen LogP contribution in [0.15, 0.2) is 42.5 Å². The zero-order valence-electron chi connectivity index (χ0n) is 11.8. The van der Waals surface area contributed by atoms with Gasteiger partial charge in [0.2, 0.25) is 0 Å². The topological polar surface area (TPSA) is 58.6 Å². The summed E-state index contributed by atoms with van der Waals surface area (Å²) < 4.78 is 5.22. The minimum atomic E-state index is -0.623. The Labute approximate surface area is 128 Å². The van der Waals surface area contributed by atoms with Crippen molar-refractivity contribution in [1.82, 2.24) is 0 Å². The van der Waals surface area contributed by atoms with E-state index in [-0.39, 0.29) is 5.91 Å². The Kier molecular flexibility index (Phi) is 4.83. The van der Waals surface area contributed by atoms with Gasteiger partial charge in [0, 0.05) is 10.6 Å². The zero-order valence-corrected chi connectivity index (χ0v) is 12.5. The van der Waals surface area contributed by atoms with E-state index in [2.05, 4.69) is 5.32 Å². The third kappa shape index (κ3) is 3.74. The molecule has 0 aromatic heterocycles. The van der Waals surface area contributed by atoms with Crippen LogP contribution in [-0.4, -0.2) is 18.1 Å². The Morgan fingerprint density at radius 3 is 2.48 bits per heavy atom. The number of rotatable bonds is 4. The van der Waals surface area contributed by atoms with E-state index in [0.29, 0.717) is 27.6 Å². The molecule has 1 atom stereocenters. The lowest BCUT2D eigenvalue weighted by Gasteiger charge is -2.13. The second kappa shape index (κ2) is 6.61. The molecule has 0 bridgehead atoms. The Morgan fingerprint density at radius 1 is 1.24 bits per heavy atom. The number of hydrogen-bond donors (Lipinski definition) is 2. The molecule has 0 fully saturated rings. The van der Waals surface area contributed by atoms with Crippen molar-refractivity contribution in [1.29, 1.82) is 0 Å². The molecule has 0 saturated carbocycles. The van der Waals surface area contributed by atoms with Crippen LogP contribution in [0.25, 0.3) is 0 Å². The van der Waals surface area contributed by atoms with Crippen LogP contribution in [0, 0.1) is 0 Å². The molecular formula is C16H16ClNO3. The number of nitrogens with one attached hydrogen (secondary N) is 1. The van der Waals surface area contributed by atoms with Crippen molar-refractivity contribution in [3.63, 3.8) is 0 Å². The van der Waals surface area contributed by atoms with E-state index in [9.17, 15) is 9.90 Å². The number of hydrogen-bond acceptors (Lipinski definition) is 3. The molecule has 5 heteroatoms. The first-order chi connectivity index (χ1) is 10.0. The van der Waals surface area contributed by atoms with E-state index >= 15 is 0 Å². The van der Waals surface area contributed by atoms with Crippen molar-refractivity contribution in [3.05, 3.63) is 58.6 Å². The van der Waals surface area contributed by atoms with E-state index in [1.807, 2.05) is 0 Å². The highest BCUT2D eigenvalue weighted by molar-refractivity contribution is 6.30. The highest BCUT2D eigenvalue weighted by atomic mass is 35.5. The van der Waals surface area contributed by atoms with Crippen LogP contribution in [0.2, 0.25) is 5.02 Å². The maximum Gasteiger partial charge on any atom is 0.255 e. The second-order valence-electron chi connectivity index (χ2n) is 4.60. The first-order valence-corrected chi connectivity index (χ1v) is 6.82. The van der Waals surface area contributed by atoms with Crippen molar-refractivity contribution >= 4 is 23.2 Å². The number of methoxy groups -OCH3 is 1. The Hall–Kier alpha value is -2.04. The zero-order chi connectivity index (χ0) is 15.4. The van der Waals surface area contributed by atoms with Crippen LogP contribution in [0.4, 0.5) is 5.69 Å². The van der Waals surface area contributed by atoms with Gasteiger partial charge in [-0.3, -0.25) is 4.79 Å². The summed E-state index contributed by atoms with van der Waals surface area (Å²) in [6.07, 6.45) is -0.623. The predicted octanol–water partition coefficient (Wildman–Crippen LogP) is 3.65. The SMILES string of the molecule is COc1ccc(C(C)O)cc1NC(=O)c1ccc(Cl)cc1. The van der Waals surface area contributed by atoms with Gasteiger partial charge in [0.25, 0.3) is 5.91 Å². The summed E-state index contributed by atoms with van der Waals surface area (Å²) in [7, 11) is 1.52. The molecule has 21 heavy (non-hydrogen) atoms. The number of carbonyl (C=O) groups excluding carboxylic acids is 1. The standard InChI is InChI=1S/C16H16ClNO3/c1-10(19)12-5-8-15(21-2)14(9-12)18-16(20)11-3-6-13(17)7-4-11/h3-10,19H,1-2H3,(H,18,20). The summed E-state index contributed by atoms with van der Waals surface area (Å²) in [6, 6.07) is 11.7. The van der Waals surface area contributed by atoms with Gasteiger partial charge in [0.1, 0.15) is 5.75 Å². The van der Waals surface area contributed by atoms with E-state index in [1.54, 1.807) is 49.4 Å². The summed E-state index contributed by atoms with van der Waals surface area (Å²) in [5, 5.41) is 13.0. The summed E-state index contributed by atoms with van der Waals surface area (Å²) in [6.45, 7) is 1.66. The molecule has 110 valence electrons. The molecule has 0 aliphatic carbocycles. The van der Waals surface area contributed by atoms with Crippen LogP contribution < -0.4 is 10.1 Å². The van der Waals surface area contributed by atoms with Gasteiger partial charge in [0.15, 0.2) is 0 Å². The average Bonchev–Trinajstić information content (AvgIpc) is 2.47. The molecular weight excluding hydrogens is 290 g/mol. The monoisotopic (exact) mass is 305 g/mol. The number of benzene rings is 2. The van der Waals surface area contributed by atoms with Gasteiger partial charge in [-0.15, -0.1) is 0 Å². The highest BCUT2D eigenvalue weighted by Crippen LogP contribution is 2.28. The minimum Gasteiger partial charge on any atom is -0.495 e. The molecule has 0 spiro atoms. The first kappa shape index (κ1) is 15.4. The van der Waals surface area contributed by atoms with Crippen LogP contribution in [0.3, 0.4) is 0 Å². The molecule has 0 aliphatic rings. The summed E-state index contributed by atoms with van der Waals surface area (Å²) in [5.41, 5.74) is 1.70. The lowest BCUT2D eigenvalue weighted by Crippen LogP contribution is -2.13. The quantitative estimate of drug-likeness (QED) is 0.906. The van der Waals surface area contributed by atoms with Gasteiger partial charge in [-0.2, -0.15) is 0 Å². The largest absolute Gasteiger partial charge is 0.495 e. The third-order valence-electron chi connectivity index (χ3n) is 3.06. The van der Waals surface area contributed by atoms with Crippen LogP contribution >= 0.6 is 11.6 Å². The first-order valence-electron chi connectivity index (χ1n) is 6.44. The van der Waals surface area contributed by atoms with Crippen molar-refractivity contribution in [2.75, 3.05) is 12.4 Å². The summed E-state index contributed by atoms with van der Waals surface area (Å²) in [5.74, 6) is 0.259. The number of carbonyl (C=O) groups is 1. The smallest absolute Gasteiger partial charge is 0.255 e. The van der Waals surface area contributed by atoms with Crippen LogP contribution in [-0.2, 0) is 0 Å². The van der Waals surface area contributed by atoms with Crippen molar-refractivity contribution in [3.8, 4) is 5.75 Å². The molecule has 0 radical (unpaired) electrons. The van der Waals surface area contributed by atoms with Gasteiger partial charge in [0.05, 0.1) is 18.9 Å². The van der Waals surface area contributed by atoms with Gasteiger partial charge in [-0.25, -0.2) is 0 Å². The second-order valence-corrected chi connectivity index (χ2v) is 5.03. The predicted molar refractivity (Wildman–Crippen MR) is 83.0 cm³/mol. The summed E-state index contributed by atoms with van der Waals surface area (Å²) in [4.78, 5) is 12.2. The molecule has 0 saturated heterocycles. The fourth-order valence-corrected chi connectivity index (χ4v) is 2.00. The Morgan fingerprint density at radius 2 is 1.90 bits per heavy atom. The molecule has 1 unspecified atom stereocenters. The maximum atomic E-state index is 12.2. The maximum absolute atomic E-state index is 12.2. The molecule has 2 aromatic carbocycles. The van der Waals surface area contributed by atoms with E-state index < -0.39 is 6.10 Å². The normalized spacial score (nSPS) is 11.8. The minimum absolute atomic E-state index is 0.271. The van der Waals surface area contributed by atoms with E-state index in [0.717, 1.165) is 0 Å². The molecule has 2 rings (SSSR count). The number of halogens is 1. The fraction of sp³-hybridized carbons (Fsp3) is 0.188. The average molecular weight is 306 g/mol. The van der Waals surface area contributed by atoms with Gasteiger partial charge in [-0.1, -0.05) is 17.7 Å². The Bertz CT molecular complexity index is 638. The number of anilines is 1. The van der Waals surface area contributed by atoms with Gasteiger partial charge in [-0.05, 0) is 48.9 Å². The molecule has 0 aliphatic heterocycles. The molecule has 2 N–H and O–H groups in total. The Balaban J connectivity index is 2.27. The van der Waals surface area contributed by atoms with Crippen LogP contribution in [0.5, 0.6) is 5.75 Å². The number of amides is 1. The third-order valence-corrected chi connectivity index (χ3v) is 3.31. The summed E-state index contributed by atoms with van der Waals surface area (Å²) >= 11 is 5.80. The van der Waals surface area contributed by atoms with Crippen molar-refractivity contribution in [2.45, 2.75) is 13.0 Å². The number of ether oxygens (including phenoxy) is 1. The number of aliphatic hydroxyl groups is 1. The van der Waals surface area contributed by atoms with Crippen molar-refractivity contribution in [2.24, 2.45) is 0 Å². The van der Waals surface area contributed by atoms with E-state index in [1.165, 1.54) is 7.11 Å². The molecule has 2 aromatic rings. The molecule has 1 amide bonds. The molecule has 4 nitrogen and oxygen atoms in total. The van der Waals surface area contributed by atoms with E-state index in [4.69, 9.17) is 16.3 Å². The number of aliphatic hydroxyl groups excluding tert-OH is 1. The van der Waals surface area contributed by atoms with Crippen LogP contribution in [0.1, 0.15) is 28.9 Å². The van der Waals surface area contributed by atoms with Gasteiger partial charge >= 0.3 is 0 Å². The molecule has 0 heterocycles. The van der Waals surface area contributed by atoms with Gasteiger partial charge < -0.3 is 15.2 Å². The van der Waals surface area contributed by atoms with Crippen molar-refractivity contribution < 1.29 is 14.6 Å².